The van der Waals surface area contributed by atoms with E-state index in [1.807, 2.05) is 6.92 Å². The predicted molar refractivity (Wildman–Crippen MR) is 61.8 cm³/mol. The zero-order valence-electron chi connectivity index (χ0n) is 9.10. The van der Waals surface area contributed by atoms with Crippen LogP contribution in [0.4, 0.5) is 0 Å². The van der Waals surface area contributed by atoms with Crippen LogP contribution in [0.3, 0.4) is 0 Å². The van der Waals surface area contributed by atoms with Crippen LogP contribution in [0.15, 0.2) is 37.0 Å². The molecule has 0 aromatic heterocycles. The molecule has 0 radical (unpaired) electrons. The summed E-state index contributed by atoms with van der Waals surface area (Å²) in [6.45, 7) is 15.1. The monoisotopic (exact) mass is 178 g/mol. The first-order valence-corrected chi connectivity index (χ1v) is 5.04. The molecule has 0 bridgehead atoms. The molecule has 0 spiro atoms. The molecule has 0 heterocycles. The van der Waals surface area contributed by atoms with Crippen molar-refractivity contribution in [3.8, 4) is 0 Å². The first-order valence-electron chi connectivity index (χ1n) is 5.04. The molecule has 0 amide bonds. The summed E-state index contributed by atoms with van der Waals surface area (Å²) in [6.07, 6.45) is 7.11. The lowest BCUT2D eigenvalue weighted by Crippen LogP contribution is -2.12. The van der Waals surface area contributed by atoms with Gasteiger partial charge in [-0.05, 0) is 25.7 Å². The molecule has 0 nitrogen and oxygen atoms in total. The maximum Gasteiger partial charge on any atom is -0.0291 e. The van der Waals surface area contributed by atoms with Crippen molar-refractivity contribution >= 4 is 0 Å². The fourth-order valence-electron chi connectivity index (χ4n) is 1.37. The normalized spacial score (nSPS) is 15.4. The van der Waals surface area contributed by atoms with Crippen molar-refractivity contribution in [1.82, 2.24) is 0 Å². The number of rotatable bonds is 3. The van der Waals surface area contributed by atoms with Gasteiger partial charge in [-0.1, -0.05) is 56.7 Å². The fourth-order valence-corrected chi connectivity index (χ4v) is 1.37. The molecule has 1 saturated carbocycles. The van der Waals surface area contributed by atoms with Crippen molar-refractivity contribution < 1.29 is 0 Å². The summed E-state index contributed by atoms with van der Waals surface area (Å²) in [4.78, 5) is 0. The second kappa shape index (κ2) is 6.71. The van der Waals surface area contributed by atoms with Gasteiger partial charge in [0.1, 0.15) is 0 Å². The van der Waals surface area contributed by atoms with Crippen LogP contribution in [0.25, 0.3) is 0 Å². The first kappa shape index (κ1) is 12.2. The summed E-state index contributed by atoms with van der Waals surface area (Å²) in [5.41, 5.74) is 2.48. The maximum absolute atomic E-state index is 3.89. The lowest BCUT2D eigenvalue weighted by molar-refractivity contribution is 0.387. The fraction of sp³-hybridized carbons (Fsp3) is 0.538. The third-order valence-electron chi connectivity index (χ3n) is 2.20. The van der Waals surface area contributed by atoms with Gasteiger partial charge in [-0.25, -0.2) is 0 Å². The lowest BCUT2D eigenvalue weighted by atomic mass is 9.78. The lowest BCUT2D eigenvalue weighted by Gasteiger charge is -2.27. The van der Waals surface area contributed by atoms with E-state index in [0.29, 0.717) is 0 Å². The highest BCUT2D eigenvalue weighted by Crippen LogP contribution is 2.34. The molecular weight excluding hydrogens is 156 g/mol. The van der Waals surface area contributed by atoms with Crippen LogP contribution in [-0.2, 0) is 0 Å². The Morgan fingerprint density at radius 3 is 2.23 bits per heavy atom. The van der Waals surface area contributed by atoms with Crippen LogP contribution in [0.2, 0.25) is 0 Å². The van der Waals surface area contributed by atoms with E-state index in [2.05, 4.69) is 26.7 Å². The molecule has 13 heavy (non-hydrogen) atoms. The van der Waals surface area contributed by atoms with Gasteiger partial charge in [-0.15, -0.1) is 0 Å². The van der Waals surface area contributed by atoms with E-state index in [1.54, 1.807) is 6.08 Å². The molecule has 0 heteroatoms. The predicted octanol–water partition coefficient (Wildman–Crippen LogP) is 4.50. The molecule has 0 N–H and O–H groups in total. The highest BCUT2D eigenvalue weighted by Gasteiger charge is 2.19. The second-order valence-electron chi connectivity index (χ2n) is 3.86. The molecule has 0 aliphatic heterocycles. The molecule has 1 aliphatic rings. The Bertz CT molecular complexity index is 178. The van der Waals surface area contributed by atoms with Gasteiger partial charge >= 0.3 is 0 Å². The molecule has 0 aromatic carbocycles. The largest absolute Gasteiger partial charge is 0.0998 e. The van der Waals surface area contributed by atoms with Crippen molar-refractivity contribution in [2.24, 2.45) is 5.92 Å². The molecule has 0 aromatic rings. The van der Waals surface area contributed by atoms with Gasteiger partial charge < -0.3 is 0 Å². The standard InChI is InChI=1S/C8H14.C5H8/c1-3-4-8-5-7(2)6-8;1-4-5(2)3/h8H,2-6H2,1H3;4H,1-2H2,3H3. The smallest absolute Gasteiger partial charge is 0.0291 e. The molecule has 0 unspecified atom stereocenters. The minimum atomic E-state index is 1.01. The van der Waals surface area contributed by atoms with Gasteiger partial charge in [0.15, 0.2) is 0 Å². The van der Waals surface area contributed by atoms with Crippen molar-refractivity contribution in [1.29, 1.82) is 0 Å². The minimum absolute atomic E-state index is 1.01. The van der Waals surface area contributed by atoms with Gasteiger partial charge in [-0.3, -0.25) is 0 Å². The van der Waals surface area contributed by atoms with Gasteiger partial charge in [0.25, 0.3) is 0 Å². The van der Waals surface area contributed by atoms with E-state index in [9.17, 15) is 0 Å². The molecule has 74 valence electrons. The van der Waals surface area contributed by atoms with Gasteiger partial charge in [0, 0.05) is 0 Å². The maximum atomic E-state index is 3.89. The third-order valence-corrected chi connectivity index (χ3v) is 2.20. The van der Waals surface area contributed by atoms with Crippen molar-refractivity contribution in [2.75, 3.05) is 0 Å². The summed E-state index contributed by atoms with van der Waals surface area (Å²) in [7, 11) is 0. The zero-order chi connectivity index (χ0) is 10.3. The zero-order valence-corrected chi connectivity index (χ0v) is 9.10. The highest BCUT2D eigenvalue weighted by atomic mass is 14.2. The average molecular weight is 178 g/mol. The first-order chi connectivity index (χ1) is 6.10. The van der Waals surface area contributed by atoms with Crippen LogP contribution >= 0.6 is 0 Å². The summed E-state index contributed by atoms with van der Waals surface area (Å²) >= 11 is 0. The van der Waals surface area contributed by atoms with Crippen molar-refractivity contribution in [3.63, 3.8) is 0 Å². The van der Waals surface area contributed by atoms with E-state index in [-0.39, 0.29) is 0 Å². The van der Waals surface area contributed by atoms with E-state index in [1.165, 1.54) is 31.3 Å². The van der Waals surface area contributed by atoms with E-state index in [4.69, 9.17) is 0 Å². The average Bonchev–Trinajstić information content (AvgIpc) is 2.03. The molecule has 0 saturated heterocycles. The topological polar surface area (TPSA) is 0 Å². The van der Waals surface area contributed by atoms with Gasteiger partial charge in [0.2, 0.25) is 0 Å². The second-order valence-corrected chi connectivity index (χ2v) is 3.86. The molecule has 1 fully saturated rings. The molecule has 0 atom stereocenters. The summed E-state index contributed by atoms with van der Waals surface area (Å²) in [6, 6.07) is 0. The quantitative estimate of drug-likeness (QED) is 0.441. The van der Waals surface area contributed by atoms with Crippen LogP contribution in [0.5, 0.6) is 0 Å². The molecule has 1 aliphatic carbocycles. The Hall–Kier alpha value is -0.780. The van der Waals surface area contributed by atoms with Crippen LogP contribution < -0.4 is 0 Å². The van der Waals surface area contributed by atoms with Crippen LogP contribution in [-0.4, -0.2) is 0 Å². The van der Waals surface area contributed by atoms with E-state index < -0.39 is 0 Å². The van der Waals surface area contributed by atoms with Crippen LogP contribution in [0.1, 0.15) is 39.5 Å². The Balaban J connectivity index is 0.000000252. The molecular formula is C13H22. The van der Waals surface area contributed by atoms with Crippen molar-refractivity contribution in [2.45, 2.75) is 39.5 Å². The Labute approximate surface area is 83.0 Å². The summed E-state index contributed by atoms with van der Waals surface area (Å²) < 4.78 is 0. The highest BCUT2D eigenvalue weighted by molar-refractivity contribution is 5.07. The van der Waals surface area contributed by atoms with E-state index >= 15 is 0 Å². The van der Waals surface area contributed by atoms with Gasteiger partial charge in [-0.2, -0.15) is 0 Å². The van der Waals surface area contributed by atoms with Crippen molar-refractivity contribution in [3.05, 3.63) is 37.0 Å². The van der Waals surface area contributed by atoms with Crippen LogP contribution in [0, 0.1) is 5.92 Å². The minimum Gasteiger partial charge on any atom is -0.0998 e. The number of hydrogen-bond donors (Lipinski definition) is 0. The Morgan fingerprint density at radius 1 is 1.54 bits per heavy atom. The number of hydrogen-bond acceptors (Lipinski definition) is 0. The Kier molecular flexibility index (Phi) is 6.30. The van der Waals surface area contributed by atoms with E-state index in [0.717, 1.165) is 11.5 Å². The summed E-state index contributed by atoms with van der Waals surface area (Å²) in [5.74, 6) is 1.01. The third kappa shape index (κ3) is 6.39. The number of allylic oxidation sites excluding steroid dienone is 3. The molecule has 1 rings (SSSR count). The Morgan fingerprint density at radius 2 is 2.00 bits per heavy atom. The van der Waals surface area contributed by atoms with Gasteiger partial charge in [0.05, 0.1) is 0 Å². The SMILES string of the molecule is C=C1CC(CCC)C1.C=CC(=C)C. The summed E-state index contributed by atoms with van der Waals surface area (Å²) in [5, 5.41) is 0.